The molecule has 7 nitrogen and oxygen atoms in total. The number of carboxylic acids is 1. The van der Waals surface area contributed by atoms with Gasteiger partial charge in [0.1, 0.15) is 18.3 Å². The molecule has 0 bridgehead atoms. The van der Waals surface area contributed by atoms with Crippen molar-refractivity contribution < 1.29 is 34.7 Å². The first-order valence-corrected chi connectivity index (χ1v) is 4.58. The predicted molar refractivity (Wildman–Crippen MR) is 55.1 cm³/mol. The summed E-state index contributed by atoms with van der Waals surface area (Å²) in [5.74, 6) is -0.833. The summed E-state index contributed by atoms with van der Waals surface area (Å²) in [5, 5.41) is 34.4. The third-order valence-corrected chi connectivity index (χ3v) is 1.56. The number of methoxy groups -OCH3 is 2. The molecule has 0 aliphatic rings. The van der Waals surface area contributed by atoms with Crippen molar-refractivity contribution in [3.8, 4) is 0 Å². The number of ether oxygens (including phenoxy) is 2. The van der Waals surface area contributed by atoms with Gasteiger partial charge < -0.3 is 29.9 Å². The molecule has 4 N–H and O–H groups in total. The number of carbonyl (C=O) groups is 1. The Hall–Kier alpha value is -0.730. The molecule has 0 aliphatic heterocycles. The number of hydrogen-bond donors (Lipinski definition) is 4. The zero-order chi connectivity index (χ0) is 13.1. The smallest absolute Gasteiger partial charge is 0.300 e. The van der Waals surface area contributed by atoms with Gasteiger partial charge in [0.2, 0.25) is 0 Å². The van der Waals surface area contributed by atoms with Crippen molar-refractivity contribution in [2.75, 3.05) is 27.4 Å². The zero-order valence-electron chi connectivity index (χ0n) is 9.66. The van der Waals surface area contributed by atoms with Crippen LogP contribution in [0.25, 0.3) is 0 Å². The highest BCUT2D eigenvalue weighted by Gasteiger charge is 2.25. The molecule has 0 amide bonds. The molecule has 3 atom stereocenters. The Morgan fingerprint density at radius 3 is 1.94 bits per heavy atom. The van der Waals surface area contributed by atoms with Crippen molar-refractivity contribution in [1.29, 1.82) is 0 Å². The number of aliphatic carboxylic acids is 1. The van der Waals surface area contributed by atoms with E-state index in [4.69, 9.17) is 24.9 Å². The lowest BCUT2D eigenvalue weighted by molar-refractivity contribution is -0.134. The van der Waals surface area contributed by atoms with Gasteiger partial charge in [-0.15, -0.1) is 0 Å². The molecule has 0 rings (SSSR count). The van der Waals surface area contributed by atoms with E-state index in [-0.39, 0.29) is 6.61 Å². The molecule has 0 unspecified atom stereocenters. The number of carboxylic acid groups (broad SMARTS) is 1. The quantitative estimate of drug-likeness (QED) is 0.444. The molecule has 0 heterocycles. The maximum atomic E-state index is 9.29. The normalized spacial score (nSPS) is 15.6. The van der Waals surface area contributed by atoms with Crippen LogP contribution in [0.15, 0.2) is 0 Å². The van der Waals surface area contributed by atoms with Gasteiger partial charge in [0, 0.05) is 21.1 Å². The van der Waals surface area contributed by atoms with E-state index < -0.39 is 30.9 Å². The number of aliphatic hydroxyl groups is 3. The lowest BCUT2D eigenvalue weighted by atomic mass is 10.1. The van der Waals surface area contributed by atoms with Crippen molar-refractivity contribution in [1.82, 2.24) is 0 Å². The van der Waals surface area contributed by atoms with E-state index >= 15 is 0 Å². The Morgan fingerprint density at radius 1 is 1.25 bits per heavy atom. The molecule has 0 aromatic heterocycles. The Kier molecular flexibility index (Phi) is 11.9. The van der Waals surface area contributed by atoms with Crippen LogP contribution in [0.4, 0.5) is 0 Å². The number of hydrogen-bond acceptors (Lipinski definition) is 6. The fraction of sp³-hybridized carbons (Fsp3) is 0.889. The highest BCUT2D eigenvalue weighted by atomic mass is 16.5. The Bertz CT molecular complexity index is 169. The molecule has 0 aliphatic carbocycles. The van der Waals surface area contributed by atoms with E-state index in [9.17, 15) is 5.11 Å². The first-order chi connectivity index (χ1) is 7.40. The fourth-order valence-electron chi connectivity index (χ4n) is 0.940. The summed E-state index contributed by atoms with van der Waals surface area (Å²) in [6.45, 7) is 0.703. The summed E-state index contributed by atoms with van der Waals surface area (Å²) >= 11 is 0. The van der Waals surface area contributed by atoms with Crippen LogP contribution in [0.5, 0.6) is 0 Å². The molecule has 0 fully saturated rings. The molecular weight excluding hydrogens is 220 g/mol. The molecule has 7 heteroatoms. The molecule has 16 heavy (non-hydrogen) atoms. The lowest BCUT2D eigenvalue weighted by Gasteiger charge is -2.24. The van der Waals surface area contributed by atoms with Gasteiger partial charge in [-0.2, -0.15) is 0 Å². The molecule has 0 radical (unpaired) electrons. The molecule has 0 saturated carbocycles. The van der Waals surface area contributed by atoms with Crippen molar-refractivity contribution >= 4 is 5.97 Å². The highest BCUT2D eigenvalue weighted by Crippen LogP contribution is 2.04. The van der Waals surface area contributed by atoms with Crippen molar-refractivity contribution in [3.63, 3.8) is 0 Å². The number of aliphatic hydroxyl groups excluding tert-OH is 3. The van der Waals surface area contributed by atoms with Gasteiger partial charge in [-0.3, -0.25) is 4.79 Å². The van der Waals surface area contributed by atoms with Crippen molar-refractivity contribution in [2.24, 2.45) is 0 Å². The van der Waals surface area contributed by atoms with Crippen LogP contribution in [-0.4, -0.2) is 72.1 Å². The summed E-state index contributed by atoms with van der Waals surface area (Å²) in [6.07, 6.45) is -2.82. The predicted octanol–water partition coefficient (Wildman–Crippen LogP) is -1.55. The van der Waals surface area contributed by atoms with Crippen LogP contribution < -0.4 is 0 Å². The first-order valence-electron chi connectivity index (χ1n) is 4.58. The third kappa shape index (κ3) is 9.81. The SMILES string of the molecule is CC(=O)O.COC[C@@H](O)[C@@H](OC)[C@H](O)CO. The average Bonchev–Trinajstić information content (AvgIpc) is 2.18. The molecule has 0 saturated heterocycles. The standard InChI is InChI=1S/C7H16O5.C2H4O2/c1-11-4-6(10)7(12-2)5(9)3-8;1-2(3)4/h5-10H,3-4H2,1-2H3;1H3,(H,3,4)/t5-,6-,7+;/m1./s1. The van der Waals surface area contributed by atoms with Gasteiger partial charge in [-0.25, -0.2) is 0 Å². The van der Waals surface area contributed by atoms with E-state index in [0.29, 0.717) is 0 Å². The monoisotopic (exact) mass is 240 g/mol. The Morgan fingerprint density at radius 2 is 1.69 bits per heavy atom. The van der Waals surface area contributed by atoms with E-state index in [1.165, 1.54) is 14.2 Å². The van der Waals surface area contributed by atoms with Gasteiger partial charge in [-0.1, -0.05) is 0 Å². The maximum Gasteiger partial charge on any atom is 0.300 e. The zero-order valence-corrected chi connectivity index (χ0v) is 9.66. The summed E-state index contributed by atoms with van der Waals surface area (Å²) in [5.41, 5.74) is 0. The van der Waals surface area contributed by atoms with Gasteiger partial charge in [0.15, 0.2) is 0 Å². The van der Waals surface area contributed by atoms with E-state index in [2.05, 4.69) is 4.74 Å². The lowest BCUT2D eigenvalue weighted by Crippen LogP contribution is -2.43. The second-order valence-electron chi connectivity index (χ2n) is 2.99. The minimum Gasteiger partial charge on any atom is -0.481 e. The van der Waals surface area contributed by atoms with Crippen LogP contribution in [-0.2, 0) is 14.3 Å². The number of rotatable bonds is 6. The van der Waals surface area contributed by atoms with E-state index in [0.717, 1.165) is 6.92 Å². The van der Waals surface area contributed by atoms with Crippen molar-refractivity contribution in [3.05, 3.63) is 0 Å². The second kappa shape index (κ2) is 10.8. The summed E-state index contributed by atoms with van der Waals surface area (Å²) < 4.78 is 9.44. The molecular formula is C9H20O7. The van der Waals surface area contributed by atoms with Gasteiger partial charge >= 0.3 is 0 Å². The Labute approximate surface area is 94.2 Å². The largest absolute Gasteiger partial charge is 0.481 e. The fourth-order valence-corrected chi connectivity index (χ4v) is 0.940. The van der Waals surface area contributed by atoms with E-state index in [1.807, 2.05) is 0 Å². The van der Waals surface area contributed by atoms with Crippen LogP contribution >= 0.6 is 0 Å². The topological polar surface area (TPSA) is 116 Å². The average molecular weight is 240 g/mol. The molecule has 0 aromatic carbocycles. The second-order valence-corrected chi connectivity index (χ2v) is 2.99. The van der Waals surface area contributed by atoms with Gasteiger partial charge in [0.05, 0.1) is 13.2 Å². The molecule has 0 spiro atoms. The molecule has 98 valence electrons. The highest BCUT2D eigenvalue weighted by molar-refractivity contribution is 5.62. The van der Waals surface area contributed by atoms with Crippen LogP contribution in [0, 0.1) is 0 Å². The van der Waals surface area contributed by atoms with E-state index in [1.54, 1.807) is 0 Å². The third-order valence-electron chi connectivity index (χ3n) is 1.56. The molecule has 0 aromatic rings. The van der Waals surface area contributed by atoms with Gasteiger partial charge in [0.25, 0.3) is 5.97 Å². The van der Waals surface area contributed by atoms with Crippen LogP contribution in [0.1, 0.15) is 6.92 Å². The minimum atomic E-state index is -1.08. The Balaban J connectivity index is 0. The van der Waals surface area contributed by atoms with Crippen LogP contribution in [0.2, 0.25) is 0 Å². The van der Waals surface area contributed by atoms with Crippen molar-refractivity contribution in [2.45, 2.75) is 25.2 Å². The van der Waals surface area contributed by atoms with Gasteiger partial charge in [-0.05, 0) is 0 Å². The summed E-state index contributed by atoms with van der Waals surface area (Å²) in [4.78, 5) is 9.00. The minimum absolute atomic E-state index is 0.0650. The maximum absolute atomic E-state index is 9.29. The summed E-state index contributed by atoms with van der Waals surface area (Å²) in [6, 6.07) is 0. The summed E-state index contributed by atoms with van der Waals surface area (Å²) in [7, 11) is 2.78. The van der Waals surface area contributed by atoms with Crippen LogP contribution in [0.3, 0.4) is 0 Å². The first kappa shape index (κ1) is 17.7.